The molecule has 0 heterocycles. The van der Waals surface area contributed by atoms with Crippen LogP contribution in [0.25, 0.3) is 0 Å². The number of amides is 2. The minimum absolute atomic E-state index is 0.0751. The second-order valence-electron chi connectivity index (χ2n) is 8.54. The highest BCUT2D eigenvalue weighted by Crippen LogP contribution is 2.26. The second-order valence-corrected chi connectivity index (χ2v) is 11.3. The van der Waals surface area contributed by atoms with Gasteiger partial charge in [0.05, 0.1) is 22.0 Å². The van der Waals surface area contributed by atoms with Crippen LogP contribution in [0.5, 0.6) is 0 Å². The van der Waals surface area contributed by atoms with Crippen molar-refractivity contribution in [3.05, 3.63) is 63.1 Å². The molecule has 0 bridgehead atoms. The molecule has 1 N–H and O–H groups in total. The topological polar surface area (TPSA) is 86.8 Å². The standard InChI is InChI=1S/C25H33Cl2N3O4S/c1-6-22(25(32)28-4)29(16-19-11-12-20(26)21(27)15-19)24(31)8-7-13-30(35(5,33)34)23-14-17(2)9-10-18(23)3/h9-12,14-15,22H,6-8,13,16H2,1-5H3,(H,28,32)/t22-/m1/s1. The number of carbonyl (C=O) groups excluding carboxylic acids is 2. The molecule has 0 aromatic heterocycles. The van der Waals surface area contributed by atoms with Crippen molar-refractivity contribution in [2.75, 3.05) is 24.2 Å². The second kappa shape index (κ2) is 12.6. The van der Waals surface area contributed by atoms with E-state index in [1.54, 1.807) is 18.2 Å². The quantitative estimate of drug-likeness (QED) is 0.446. The lowest BCUT2D eigenvalue weighted by atomic mass is 10.1. The summed E-state index contributed by atoms with van der Waals surface area (Å²) in [6.07, 6.45) is 1.95. The van der Waals surface area contributed by atoms with Crippen LogP contribution in [-0.2, 0) is 26.2 Å². The first-order chi connectivity index (χ1) is 16.4. The van der Waals surface area contributed by atoms with Crippen LogP contribution in [0.4, 0.5) is 5.69 Å². The lowest BCUT2D eigenvalue weighted by Crippen LogP contribution is -2.48. The van der Waals surface area contributed by atoms with Crippen molar-refractivity contribution in [2.45, 2.75) is 52.6 Å². The third-order valence-electron chi connectivity index (χ3n) is 5.75. The van der Waals surface area contributed by atoms with Crippen LogP contribution in [0.15, 0.2) is 36.4 Å². The summed E-state index contributed by atoms with van der Waals surface area (Å²) >= 11 is 12.2. The first-order valence-electron chi connectivity index (χ1n) is 11.4. The summed E-state index contributed by atoms with van der Waals surface area (Å²) in [7, 11) is -2.03. The third kappa shape index (κ3) is 7.85. The molecule has 0 aliphatic heterocycles. The minimum atomic E-state index is -3.55. The molecule has 0 saturated carbocycles. The van der Waals surface area contributed by atoms with E-state index in [2.05, 4.69) is 5.32 Å². The molecule has 0 spiro atoms. The Bertz CT molecular complexity index is 1170. The van der Waals surface area contributed by atoms with E-state index in [9.17, 15) is 18.0 Å². The highest BCUT2D eigenvalue weighted by atomic mass is 35.5. The van der Waals surface area contributed by atoms with E-state index >= 15 is 0 Å². The molecule has 2 amide bonds. The first-order valence-corrected chi connectivity index (χ1v) is 14.0. The number of benzene rings is 2. The molecule has 0 radical (unpaired) electrons. The van der Waals surface area contributed by atoms with Gasteiger partial charge in [-0.2, -0.15) is 0 Å². The normalized spacial score (nSPS) is 12.2. The molecule has 35 heavy (non-hydrogen) atoms. The number of halogens is 2. The fraction of sp³-hybridized carbons (Fsp3) is 0.440. The zero-order chi connectivity index (χ0) is 26.3. The molecule has 0 aliphatic carbocycles. The highest BCUT2D eigenvalue weighted by Gasteiger charge is 2.28. The van der Waals surface area contributed by atoms with Crippen LogP contribution in [-0.4, -0.2) is 51.0 Å². The molecule has 7 nitrogen and oxygen atoms in total. The maximum atomic E-state index is 13.3. The van der Waals surface area contributed by atoms with Gasteiger partial charge in [-0.25, -0.2) is 8.42 Å². The molecule has 0 unspecified atom stereocenters. The van der Waals surface area contributed by atoms with Crippen molar-refractivity contribution in [1.29, 1.82) is 0 Å². The smallest absolute Gasteiger partial charge is 0.242 e. The number of carbonyl (C=O) groups is 2. The van der Waals surface area contributed by atoms with E-state index in [0.717, 1.165) is 22.9 Å². The molecule has 0 aliphatic rings. The average molecular weight is 543 g/mol. The van der Waals surface area contributed by atoms with Gasteiger partial charge in [0.2, 0.25) is 21.8 Å². The van der Waals surface area contributed by atoms with E-state index < -0.39 is 16.1 Å². The van der Waals surface area contributed by atoms with Crippen LogP contribution in [0.2, 0.25) is 10.0 Å². The fourth-order valence-corrected chi connectivity index (χ4v) is 5.23. The number of rotatable bonds is 11. The molecule has 2 aromatic rings. The van der Waals surface area contributed by atoms with Gasteiger partial charge in [-0.05, 0) is 61.6 Å². The number of likely N-dealkylation sites (N-methyl/N-ethyl adjacent to an activating group) is 1. The molecule has 0 fully saturated rings. The Hall–Kier alpha value is -2.29. The average Bonchev–Trinajstić information content (AvgIpc) is 2.79. The SMILES string of the molecule is CC[C@H](C(=O)NC)N(Cc1ccc(Cl)c(Cl)c1)C(=O)CCCN(c1cc(C)ccc1C)S(C)(=O)=O. The van der Waals surface area contributed by atoms with Crippen LogP contribution in [0.3, 0.4) is 0 Å². The highest BCUT2D eigenvalue weighted by molar-refractivity contribution is 7.92. The van der Waals surface area contributed by atoms with Crippen molar-refractivity contribution in [3.8, 4) is 0 Å². The number of nitrogens with one attached hydrogen (secondary N) is 1. The van der Waals surface area contributed by atoms with E-state index in [1.807, 2.05) is 39.0 Å². The van der Waals surface area contributed by atoms with Crippen LogP contribution < -0.4 is 9.62 Å². The summed E-state index contributed by atoms with van der Waals surface area (Å²) in [6.45, 7) is 5.91. The van der Waals surface area contributed by atoms with Gasteiger partial charge in [-0.15, -0.1) is 0 Å². The van der Waals surface area contributed by atoms with Crippen molar-refractivity contribution in [3.63, 3.8) is 0 Å². The van der Waals surface area contributed by atoms with Gasteiger partial charge < -0.3 is 10.2 Å². The Kier molecular flexibility index (Phi) is 10.4. The number of hydrogen-bond acceptors (Lipinski definition) is 4. The van der Waals surface area contributed by atoms with Crippen molar-refractivity contribution in [2.24, 2.45) is 0 Å². The first kappa shape index (κ1) is 28.9. The molecule has 1 atom stereocenters. The van der Waals surface area contributed by atoms with Crippen LogP contribution in [0.1, 0.15) is 42.9 Å². The molecule has 10 heteroatoms. The predicted molar refractivity (Wildman–Crippen MR) is 142 cm³/mol. The van der Waals surface area contributed by atoms with Gasteiger partial charge in [0, 0.05) is 26.6 Å². The van der Waals surface area contributed by atoms with Crippen LogP contribution >= 0.6 is 23.2 Å². The van der Waals surface area contributed by atoms with Gasteiger partial charge in [0.1, 0.15) is 6.04 Å². The number of nitrogens with zero attached hydrogens (tertiary/aromatic N) is 2. The lowest BCUT2D eigenvalue weighted by Gasteiger charge is -2.31. The monoisotopic (exact) mass is 541 g/mol. The lowest BCUT2D eigenvalue weighted by molar-refractivity contribution is -0.141. The minimum Gasteiger partial charge on any atom is -0.357 e. The Balaban J connectivity index is 2.24. The van der Waals surface area contributed by atoms with Crippen molar-refractivity contribution in [1.82, 2.24) is 10.2 Å². The van der Waals surface area contributed by atoms with E-state index in [0.29, 0.717) is 28.6 Å². The molecule has 192 valence electrons. The maximum Gasteiger partial charge on any atom is 0.242 e. The van der Waals surface area contributed by atoms with E-state index in [1.165, 1.54) is 16.3 Å². The summed E-state index contributed by atoms with van der Waals surface area (Å²) < 4.78 is 26.4. The largest absolute Gasteiger partial charge is 0.357 e. The number of anilines is 1. The van der Waals surface area contributed by atoms with E-state index in [-0.39, 0.29) is 31.3 Å². The number of aryl methyl sites for hydroxylation is 2. The summed E-state index contributed by atoms with van der Waals surface area (Å²) in [5.74, 6) is -0.519. The van der Waals surface area contributed by atoms with Gasteiger partial charge in [0.15, 0.2) is 0 Å². The summed E-state index contributed by atoms with van der Waals surface area (Å²) in [4.78, 5) is 27.4. The molecular weight excluding hydrogens is 509 g/mol. The Labute approximate surface area is 218 Å². The van der Waals surface area contributed by atoms with Gasteiger partial charge >= 0.3 is 0 Å². The third-order valence-corrected chi connectivity index (χ3v) is 7.67. The fourth-order valence-electron chi connectivity index (χ4n) is 3.89. The van der Waals surface area contributed by atoms with E-state index in [4.69, 9.17) is 23.2 Å². The Morgan fingerprint density at radius 2 is 1.74 bits per heavy atom. The summed E-state index contributed by atoms with van der Waals surface area (Å²) in [5.41, 5.74) is 3.12. The molecule has 2 aromatic carbocycles. The summed E-state index contributed by atoms with van der Waals surface area (Å²) in [6, 6.07) is 10.0. The zero-order valence-electron chi connectivity index (χ0n) is 20.8. The molecule has 0 saturated heterocycles. The van der Waals surface area contributed by atoms with Gasteiger partial charge in [-0.3, -0.25) is 13.9 Å². The Morgan fingerprint density at radius 1 is 1.06 bits per heavy atom. The van der Waals surface area contributed by atoms with Gasteiger partial charge in [0.25, 0.3) is 0 Å². The van der Waals surface area contributed by atoms with Crippen molar-refractivity contribution >= 4 is 50.7 Å². The predicted octanol–water partition coefficient (Wildman–Crippen LogP) is 4.71. The number of sulfonamides is 1. The van der Waals surface area contributed by atoms with Gasteiger partial charge in [-0.1, -0.05) is 48.3 Å². The number of hydrogen-bond donors (Lipinski definition) is 1. The van der Waals surface area contributed by atoms with Crippen LogP contribution in [0, 0.1) is 13.8 Å². The maximum absolute atomic E-state index is 13.3. The molecule has 2 rings (SSSR count). The molecular formula is C25H33Cl2N3O4S. The van der Waals surface area contributed by atoms with Crippen molar-refractivity contribution < 1.29 is 18.0 Å². The zero-order valence-corrected chi connectivity index (χ0v) is 23.1. The Morgan fingerprint density at radius 3 is 2.31 bits per heavy atom. The summed E-state index contributed by atoms with van der Waals surface area (Å²) in [5, 5.41) is 3.38.